The molecule has 1 aromatic heterocycles. The SMILES string of the molecule is O=C(NCc1nn[nH]n1)C1CC(Br)(Br)C1. The molecule has 1 amide bonds. The van der Waals surface area contributed by atoms with E-state index in [-0.39, 0.29) is 15.1 Å². The zero-order valence-corrected chi connectivity index (χ0v) is 10.9. The molecule has 0 aliphatic heterocycles. The van der Waals surface area contributed by atoms with E-state index < -0.39 is 0 Å². The van der Waals surface area contributed by atoms with Crippen molar-refractivity contribution < 1.29 is 4.79 Å². The van der Waals surface area contributed by atoms with Crippen LogP contribution in [0.5, 0.6) is 0 Å². The summed E-state index contributed by atoms with van der Waals surface area (Å²) in [5, 5.41) is 16.0. The molecule has 2 rings (SSSR count). The van der Waals surface area contributed by atoms with Crippen molar-refractivity contribution >= 4 is 37.8 Å². The summed E-state index contributed by atoms with van der Waals surface area (Å²) in [7, 11) is 0. The molecule has 0 atom stereocenters. The van der Waals surface area contributed by atoms with Gasteiger partial charge in [-0.15, -0.1) is 10.2 Å². The molecule has 1 aliphatic rings. The summed E-state index contributed by atoms with van der Waals surface area (Å²) in [5.41, 5.74) is 0. The van der Waals surface area contributed by atoms with Crippen molar-refractivity contribution in [1.82, 2.24) is 25.9 Å². The van der Waals surface area contributed by atoms with Crippen LogP contribution in [0.4, 0.5) is 0 Å². The number of alkyl halides is 2. The molecule has 1 heterocycles. The number of halogens is 2. The first kappa shape index (κ1) is 11.0. The van der Waals surface area contributed by atoms with Crippen LogP contribution in [-0.2, 0) is 11.3 Å². The van der Waals surface area contributed by atoms with Crippen LogP contribution in [0.2, 0.25) is 0 Å². The number of aromatic nitrogens is 4. The molecule has 0 bridgehead atoms. The molecule has 8 heteroatoms. The van der Waals surface area contributed by atoms with Crippen LogP contribution in [0, 0.1) is 5.92 Å². The van der Waals surface area contributed by atoms with Gasteiger partial charge in [0.25, 0.3) is 0 Å². The largest absolute Gasteiger partial charge is 0.348 e. The van der Waals surface area contributed by atoms with Crippen molar-refractivity contribution in [3.05, 3.63) is 5.82 Å². The molecule has 1 aliphatic carbocycles. The average molecular weight is 339 g/mol. The Morgan fingerprint density at radius 3 is 2.87 bits per heavy atom. The van der Waals surface area contributed by atoms with E-state index >= 15 is 0 Å². The molecule has 0 saturated heterocycles. The molecular formula is C7H9Br2N5O. The van der Waals surface area contributed by atoms with Crippen molar-refractivity contribution in [2.45, 2.75) is 22.6 Å². The molecule has 1 saturated carbocycles. The Bertz CT molecular complexity index is 344. The van der Waals surface area contributed by atoms with Crippen LogP contribution in [-0.4, -0.2) is 29.8 Å². The first-order valence-electron chi connectivity index (χ1n) is 4.45. The molecular weight excluding hydrogens is 330 g/mol. The molecule has 0 aromatic carbocycles. The number of aromatic amines is 1. The van der Waals surface area contributed by atoms with Crippen molar-refractivity contribution in [2.24, 2.45) is 5.92 Å². The Balaban J connectivity index is 1.75. The van der Waals surface area contributed by atoms with Crippen molar-refractivity contribution in [2.75, 3.05) is 0 Å². The minimum absolute atomic E-state index is 0.0364. The van der Waals surface area contributed by atoms with Gasteiger partial charge in [0.15, 0.2) is 5.82 Å². The Hall–Kier alpha value is -0.500. The predicted molar refractivity (Wildman–Crippen MR) is 59.3 cm³/mol. The maximum absolute atomic E-state index is 11.6. The topological polar surface area (TPSA) is 83.6 Å². The predicted octanol–water partition coefficient (Wildman–Crippen LogP) is 0.712. The number of amides is 1. The van der Waals surface area contributed by atoms with Gasteiger partial charge in [-0.2, -0.15) is 5.21 Å². The number of hydrogen-bond acceptors (Lipinski definition) is 4. The maximum Gasteiger partial charge on any atom is 0.223 e. The highest BCUT2D eigenvalue weighted by Crippen LogP contribution is 2.49. The molecule has 15 heavy (non-hydrogen) atoms. The fourth-order valence-electron chi connectivity index (χ4n) is 1.41. The Kier molecular flexibility index (Phi) is 3.06. The lowest BCUT2D eigenvalue weighted by Crippen LogP contribution is -2.43. The van der Waals surface area contributed by atoms with Crippen molar-refractivity contribution in [1.29, 1.82) is 0 Å². The van der Waals surface area contributed by atoms with E-state index in [1.807, 2.05) is 0 Å². The molecule has 0 unspecified atom stereocenters. The number of nitrogens with one attached hydrogen (secondary N) is 2. The fourth-order valence-corrected chi connectivity index (χ4v) is 2.98. The number of H-pyrrole nitrogens is 1. The standard InChI is InChI=1S/C7H9Br2N5O/c8-7(9)1-4(2-7)6(15)10-3-5-11-13-14-12-5/h4H,1-3H2,(H,10,15)(H,11,12,13,14). The van der Waals surface area contributed by atoms with Gasteiger partial charge in [0.2, 0.25) is 5.91 Å². The number of rotatable bonds is 3. The van der Waals surface area contributed by atoms with E-state index in [1.54, 1.807) is 0 Å². The van der Waals surface area contributed by atoms with Gasteiger partial charge in [-0.3, -0.25) is 4.79 Å². The summed E-state index contributed by atoms with van der Waals surface area (Å²) in [6, 6.07) is 0. The van der Waals surface area contributed by atoms with Gasteiger partial charge < -0.3 is 5.32 Å². The Labute approximate surface area is 103 Å². The second kappa shape index (κ2) is 4.17. The van der Waals surface area contributed by atoms with Crippen LogP contribution in [0.1, 0.15) is 18.7 Å². The molecule has 82 valence electrons. The molecule has 0 spiro atoms. The van der Waals surface area contributed by atoms with Crippen LogP contribution >= 0.6 is 31.9 Å². The zero-order valence-electron chi connectivity index (χ0n) is 7.70. The molecule has 6 nitrogen and oxygen atoms in total. The van der Waals surface area contributed by atoms with Crippen LogP contribution in [0.3, 0.4) is 0 Å². The Morgan fingerprint density at radius 1 is 1.60 bits per heavy atom. The highest BCUT2D eigenvalue weighted by Gasteiger charge is 2.43. The normalized spacial score (nSPS) is 19.6. The van der Waals surface area contributed by atoms with Gasteiger partial charge >= 0.3 is 0 Å². The summed E-state index contributed by atoms with van der Waals surface area (Å²) < 4.78 is -0.0475. The number of nitrogens with zero attached hydrogens (tertiary/aromatic N) is 3. The summed E-state index contributed by atoms with van der Waals surface area (Å²) in [6.45, 7) is 0.323. The average Bonchev–Trinajstić information content (AvgIpc) is 2.62. The summed E-state index contributed by atoms with van der Waals surface area (Å²) in [6.07, 6.45) is 1.59. The molecule has 1 aromatic rings. The first-order chi connectivity index (χ1) is 7.07. The first-order valence-corrected chi connectivity index (χ1v) is 6.03. The second-order valence-corrected chi connectivity index (χ2v) is 7.61. The Morgan fingerprint density at radius 2 is 2.33 bits per heavy atom. The third-order valence-corrected chi connectivity index (χ3v) is 3.57. The van der Waals surface area contributed by atoms with E-state index in [9.17, 15) is 4.79 Å². The van der Waals surface area contributed by atoms with E-state index in [0.717, 1.165) is 12.8 Å². The van der Waals surface area contributed by atoms with Gasteiger partial charge in [-0.25, -0.2) is 0 Å². The monoisotopic (exact) mass is 337 g/mol. The van der Waals surface area contributed by atoms with E-state index in [0.29, 0.717) is 12.4 Å². The number of carbonyl (C=O) groups is 1. The van der Waals surface area contributed by atoms with Gasteiger partial charge in [-0.05, 0) is 12.8 Å². The number of carbonyl (C=O) groups excluding carboxylic acids is 1. The maximum atomic E-state index is 11.6. The highest BCUT2D eigenvalue weighted by atomic mass is 79.9. The minimum atomic E-state index is -0.0475. The van der Waals surface area contributed by atoms with E-state index in [1.165, 1.54) is 0 Å². The lowest BCUT2D eigenvalue weighted by Gasteiger charge is -2.37. The van der Waals surface area contributed by atoms with Crippen LogP contribution in [0.15, 0.2) is 0 Å². The molecule has 2 N–H and O–H groups in total. The molecule has 0 radical (unpaired) electrons. The summed E-state index contributed by atoms with van der Waals surface area (Å²) in [4.78, 5) is 11.6. The molecule has 1 fully saturated rings. The number of hydrogen-bond donors (Lipinski definition) is 2. The summed E-state index contributed by atoms with van der Waals surface area (Å²) in [5.74, 6) is 0.594. The summed E-state index contributed by atoms with van der Waals surface area (Å²) >= 11 is 6.92. The van der Waals surface area contributed by atoms with Crippen LogP contribution in [0.25, 0.3) is 0 Å². The third-order valence-electron chi connectivity index (χ3n) is 2.27. The second-order valence-electron chi connectivity index (χ2n) is 3.51. The van der Waals surface area contributed by atoms with Gasteiger partial charge in [0.1, 0.15) is 0 Å². The minimum Gasteiger partial charge on any atom is -0.348 e. The zero-order chi connectivity index (χ0) is 10.9. The third kappa shape index (κ3) is 2.75. The van der Waals surface area contributed by atoms with Gasteiger partial charge in [0.05, 0.1) is 9.78 Å². The fraction of sp³-hybridized carbons (Fsp3) is 0.714. The smallest absolute Gasteiger partial charge is 0.223 e. The highest BCUT2D eigenvalue weighted by molar-refractivity contribution is 9.25. The van der Waals surface area contributed by atoms with E-state index in [4.69, 9.17) is 0 Å². The van der Waals surface area contributed by atoms with Crippen molar-refractivity contribution in [3.8, 4) is 0 Å². The lowest BCUT2D eigenvalue weighted by atomic mass is 9.84. The van der Waals surface area contributed by atoms with E-state index in [2.05, 4.69) is 57.8 Å². The van der Waals surface area contributed by atoms with Gasteiger partial charge in [-0.1, -0.05) is 37.1 Å². The lowest BCUT2D eigenvalue weighted by molar-refractivity contribution is -0.127. The van der Waals surface area contributed by atoms with Crippen LogP contribution < -0.4 is 5.32 Å². The quantitative estimate of drug-likeness (QED) is 0.795. The number of tetrazole rings is 1. The van der Waals surface area contributed by atoms with Crippen molar-refractivity contribution in [3.63, 3.8) is 0 Å². The van der Waals surface area contributed by atoms with Gasteiger partial charge in [0, 0.05) is 5.92 Å².